The fourth-order valence-corrected chi connectivity index (χ4v) is 1.75. The molecule has 0 amide bonds. The van der Waals surface area contributed by atoms with Crippen LogP contribution in [-0.2, 0) is 0 Å². The zero-order chi connectivity index (χ0) is 12.8. The summed E-state index contributed by atoms with van der Waals surface area (Å²) < 4.78 is 0. The summed E-state index contributed by atoms with van der Waals surface area (Å²) in [6, 6.07) is 8.21. The van der Waals surface area contributed by atoms with Crippen molar-refractivity contribution in [1.29, 1.82) is 0 Å². The van der Waals surface area contributed by atoms with Crippen molar-refractivity contribution in [2.24, 2.45) is 0 Å². The minimum atomic E-state index is -0.476. The summed E-state index contributed by atoms with van der Waals surface area (Å²) in [5.74, 6) is 0.525. The van der Waals surface area contributed by atoms with Crippen molar-refractivity contribution >= 4 is 0 Å². The Morgan fingerprint density at radius 3 is 2.18 bits per heavy atom. The maximum absolute atomic E-state index is 10.1. The Morgan fingerprint density at radius 2 is 1.71 bits per heavy atom. The maximum atomic E-state index is 10.1. The lowest BCUT2D eigenvalue weighted by Crippen LogP contribution is -2.32. The van der Waals surface area contributed by atoms with Crippen molar-refractivity contribution in [1.82, 2.24) is 5.32 Å². The van der Waals surface area contributed by atoms with Gasteiger partial charge < -0.3 is 10.4 Å². The molecule has 0 saturated carbocycles. The van der Waals surface area contributed by atoms with Gasteiger partial charge in [-0.1, -0.05) is 44.2 Å². The van der Waals surface area contributed by atoms with E-state index in [4.69, 9.17) is 0 Å². The summed E-state index contributed by atoms with van der Waals surface area (Å²) in [6.45, 7) is 10.7. The fourth-order valence-electron chi connectivity index (χ4n) is 1.75. The van der Waals surface area contributed by atoms with Gasteiger partial charge in [0.15, 0.2) is 0 Å². The lowest BCUT2D eigenvalue weighted by molar-refractivity contribution is 0.138. The second-order valence-corrected chi connectivity index (χ2v) is 4.75. The van der Waals surface area contributed by atoms with Crippen LogP contribution in [0.4, 0.5) is 0 Å². The third kappa shape index (κ3) is 3.99. The number of hydrogen-bond donors (Lipinski definition) is 2. The highest BCUT2D eigenvalue weighted by Gasteiger charge is 2.15. The Kier molecular flexibility index (Phi) is 5.39. The summed E-state index contributed by atoms with van der Waals surface area (Å²) in [4.78, 5) is 0. The minimum Gasteiger partial charge on any atom is -0.387 e. The minimum absolute atomic E-state index is 0.0258. The van der Waals surface area contributed by atoms with Crippen LogP contribution in [0.1, 0.15) is 43.9 Å². The molecule has 0 aliphatic carbocycles. The summed E-state index contributed by atoms with van der Waals surface area (Å²) >= 11 is 0. The van der Waals surface area contributed by atoms with Crippen LogP contribution in [-0.4, -0.2) is 17.7 Å². The van der Waals surface area contributed by atoms with E-state index in [9.17, 15) is 5.11 Å². The van der Waals surface area contributed by atoms with Crippen LogP contribution >= 0.6 is 0 Å². The van der Waals surface area contributed by atoms with Crippen molar-refractivity contribution < 1.29 is 5.11 Å². The summed E-state index contributed by atoms with van der Waals surface area (Å²) in [5, 5.41) is 13.3. The molecule has 2 nitrogen and oxygen atoms in total. The molecule has 0 radical (unpaired) electrons. The topological polar surface area (TPSA) is 32.3 Å². The molecule has 1 aromatic rings. The monoisotopic (exact) mass is 233 g/mol. The average Bonchev–Trinajstić information content (AvgIpc) is 2.35. The summed E-state index contributed by atoms with van der Waals surface area (Å²) in [7, 11) is 0. The molecule has 17 heavy (non-hydrogen) atoms. The van der Waals surface area contributed by atoms with Gasteiger partial charge in [0.25, 0.3) is 0 Å². The van der Waals surface area contributed by atoms with Crippen LogP contribution in [0.15, 0.2) is 36.9 Å². The highest BCUT2D eigenvalue weighted by atomic mass is 16.3. The molecule has 0 aliphatic heterocycles. The van der Waals surface area contributed by atoms with Gasteiger partial charge in [-0.05, 0) is 24.0 Å². The molecule has 0 saturated heterocycles. The number of aliphatic hydroxyl groups is 1. The SMILES string of the molecule is C=CCNC(C)C(O)c1ccc(C(C)C)cc1. The molecule has 2 unspecified atom stereocenters. The fraction of sp³-hybridized carbons (Fsp3) is 0.467. The van der Waals surface area contributed by atoms with Gasteiger partial charge in [0.2, 0.25) is 0 Å². The standard InChI is InChI=1S/C15H23NO/c1-5-10-16-12(4)15(17)14-8-6-13(7-9-14)11(2)3/h5-9,11-12,15-17H,1,10H2,2-4H3. The Bertz CT molecular complexity index is 342. The second kappa shape index (κ2) is 6.58. The normalized spacial score (nSPS) is 14.6. The van der Waals surface area contributed by atoms with E-state index < -0.39 is 6.10 Å². The van der Waals surface area contributed by atoms with Gasteiger partial charge in [-0.2, -0.15) is 0 Å². The van der Waals surface area contributed by atoms with E-state index in [1.54, 1.807) is 6.08 Å². The zero-order valence-corrected chi connectivity index (χ0v) is 11.0. The van der Waals surface area contributed by atoms with Crippen molar-refractivity contribution in [2.75, 3.05) is 6.54 Å². The van der Waals surface area contributed by atoms with E-state index in [-0.39, 0.29) is 6.04 Å². The second-order valence-electron chi connectivity index (χ2n) is 4.75. The van der Waals surface area contributed by atoms with E-state index in [1.165, 1.54) is 5.56 Å². The van der Waals surface area contributed by atoms with Crippen LogP contribution in [0.5, 0.6) is 0 Å². The van der Waals surface area contributed by atoms with Crippen LogP contribution in [0.2, 0.25) is 0 Å². The molecule has 0 bridgehead atoms. The van der Waals surface area contributed by atoms with Gasteiger partial charge in [0.05, 0.1) is 6.10 Å². The van der Waals surface area contributed by atoms with Gasteiger partial charge in [-0.3, -0.25) is 0 Å². The molecule has 2 atom stereocenters. The van der Waals surface area contributed by atoms with Crippen LogP contribution < -0.4 is 5.32 Å². The molecule has 0 fully saturated rings. The van der Waals surface area contributed by atoms with Gasteiger partial charge in [0.1, 0.15) is 0 Å². The lowest BCUT2D eigenvalue weighted by atomic mass is 9.98. The number of aliphatic hydroxyl groups excluding tert-OH is 1. The third-order valence-electron chi connectivity index (χ3n) is 3.00. The Hall–Kier alpha value is -1.12. The predicted molar refractivity (Wildman–Crippen MR) is 73.2 cm³/mol. The molecule has 2 heteroatoms. The quantitative estimate of drug-likeness (QED) is 0.740. The smallest absolute Gasteiger partial charge is 0.0940 e. The van der Waals surface area contributed by atoms with E-state index in [0.29, 0.717) is 12.5 Å². The molecular weight excluding hydrogens is 210 g/mol. The first-order chi connectivity index (χ1) is 8.06. The average molecular weight is 233 g/mol. The summed E-state index contributed by atoms with van der Waals surface area (Å²) in [6.07, 6.45) is 1.32. The van der Waals surface area contributed by atoms with Crippen LogP contribution in [0, 0.1) is 0 Å². The van der Waals surface area contributed by atoms with E-state index >= 15 is 0 Å². The van der Waals surface area contributed by atoms with Gasteiger partial charge in [0, 0.05) is 12.6 Å². The number of nitrogens with one attached hydrogen (secondary N) is 1. The molecule has 0 spiro atoms. The molecule has 1 rings (SSSR count). The van der Waals surface area contributed by atoms with E-state index in [2.05, 4.69) is 37.9 Å². The largest absolute Gasteiger partial charge is 0.387 e. The maximum Gasteiger partial charge on any atom is 0.0940 e. The van der Waals surface area contributed by atoms with Crippen molar-refractivity contribution in [3.63, 3.8) is 0 Å². The zero-order valence-electron chi connectivity index (χ0n) is 11.0. The van der Waals surface area contributed by atoms with Crippen LogP contribution in [0.25, 0.3) is 0 Å². The van der Waals surface area contributed by atoms with Gasteiger partial charge >= 0.3 is 0 Å². The molecule has 1 aromatic carbocycles. The molecule has 0 heterocycles. The Morgan fingerprint density at radius 1 is 1.18 bits per heavy atom. The number of hydrogen-bond acceptors (Lipinski definition) is 2. The molecule has 0 aromatic heterocycles. The van der Waals surface area contributed by atoms with Crippen molar-refractivity contribution in [3.8, 4) is 0 Å². The molecule has 2 N–H and O–H groups in total. The van der Waals surface area contributed by atoms with Gasteiger partial charge in [-0.25, -0.2) is 0 Å². The lowest BCUT2D eigenvalue weighted by Gasteiger charge is -2.20. The Balaban J connectivity index is 2.68. The number of benzene rings is 1. The highest BCUT2D eigenvalue weighted by Crippen LogP contribution is 2.20. The summed E-state index contributed by atoms with van der Waals surface area (Å²) in [5.41, 5.74) is 2.26. The van der Waals surface area contributed by atoms with Gasteiger partial charge in [-0.15, -0.1) is 6.58 Å². The Labute approximate surface area is 104 Å². The van der Waals surface area contributed by atoms with E-state index in [1.807, 2.05) is 19.1 Å². The van der Waals surface area contributed by atoms with E-state index in [0.717, 1.165) is 5.56 Å². The molecule has 94 valence electrons. The number of rotatable bonds is 6. The highest BCUT2D eigenvalue weighted by molar-refractivity contribution is 5.26. The predicted octanol–water partition coefficient (Wildman–Crippen LogP) is 3.01. The van der Waals surface area contributed by atoms with Crippen LogP contribution in [0.3, 0.4) is 0 Å². The van der Waals surface area contributed by atoms with Crippen molar-refractivity contribution in [2.45, 2.75) is 38.8 Å². The first-order valence-electron chi connectivity index (χ1n) is 6.18. The molecule has 0 aliphatic rings. The first-order valence-corrected chi connectivity index (χ1v) is 6.18. The first kappa shape index (κ1) is 13.9. The van der Waals surface area contributed by atoms with Crippen molar-refractivity contribution in [3.05, 3.63) is 48.0 Å². The third-order valence-corrected chi connectivity index (χ3v) is 3.00. The molecular formula is C15H23NO.